The van der Waals surface area contributed by atoms with Gasteiger partial charge in [0.25, 0.3) is 0 Å². The van der Waals surface area contributed by atoms with E-state index in [9.17, 15) is 0 Å². The van der Waals surface area contributed by atoms with Crippen LogP contribution in [0.3, 0.4) is 0 Å². The third-order valence-electron chi connectivity index (χ3n) is 4.91. The van der Waals surface area contributed by atoms with E-state index in [1.807, 2.05) is 35.0 Å². The van der Waals surface area contributed by atoms with E-state index in [4.69, 9.17) is 20.2 Å². The average Bonchev–Trinajstić information content (AvgIpc) is 3.18. The number of nitrogens with two attached hydrogens (primary N) is 1. The molecule has 8 nitrogen and oxygen atoms in total. The molecule has 0 bridgehead atoms. The molecule has 0 saturated carbocycles. The number of methoxy groups -OCH3 is 1. The van der Waals surface area contributed by atoms with Gasteiger partial charge in [0.1, 0.15) is 11.6 Å². The summed E-state index contributed by atoms with van der Waals surface area (Å²) in [4.78, 5) is 4.77. The van der Waals surface area contributed by atoms with Crippen LogP contribution >= 0.6 is 0 Å². The maximum Gasteiger partial charge on any atom is 0.226 e. The van der Waals surface area contributed by atoms with E-state index < -0.39 is 0 Å². The summed E-state index contributed by atoms with van der Waals surface area (Å²) in [6.07, 6.45) is 1.91. The van der Waals surface area contributed by atoms with Crippen molar-refractivity contribution in [2.75, 3.05) is 44.0 Å². The molecule has 30 heavy (non-hydrogen) atoms. The number of ether oxygens (including phenoxy) is 2. The fourth-order valence-corrected chi connectivity index (χ4v) is 3.26. The molecule has 1 atom stereocenters. The van der Waals surface area contributed by atoms with Gasteiger partial charge >= 0.3 is 0 Å². The molecule has 0 aliphatic rings. The number of hydrogen-bond donors (Lipinski definition) is 3. The molecule has 0 spiro atoms. The van der Waals surface area contributed by atoms with Crippen molar-refractivity contribution in [1.29, 1.82) is 0 Å². The topological polar surface area (TPSA) is 98.7 Å². The molecule has 0 saturated heterocycles. The van der Waals surface area contributed by atoms with Gasteiger partial charge in [-0.1, -0.05) is 26.0 Å². The SMILES string of the molecule is COc1cccc([C@H](C)Nc2nc(NCCOCCN)cc3c(C(C)C)cnn23)c1. The molecule has 162 valence electrons. The predicted molar refractivity (Wildman–Crippen MR) is 120 cm³/mol. The Balaban J connectivity index is 1.87. The Bertz CT molecular complexity index is 956. The Hall–Kier alpha value is -2.84. The Morgan fingerprint density at radius 3 is 2.73 bits per heavy atom. The predicted octanol–water partition coefficient (Wildman–Crippen LogP) is 3.42. The highest BCUT2D eigenvalue weighted by molar-refractivity contribution is 5.64. The van der Waals surface area contributed by atoms with Gasteiger partial charge in [-0.2, -0.15) is 10.1 Å². The van der Waals surface area contributed by atoms with Crippen molar-refractivity contribution in [2.45, 2.75) is 32.7 Å². The second-order valence-electron chi connectivity index (χ2n) is 7.49. The summed E-state index contributed by atoms with van der Waals surface area (Å²) in [5.41, 5.74) is 8.78. The summed E-state index contributed by atoms with van der Waals surface area (Å²) in [5, 5.41) is 11.4. The van der Waals surface area contributed by atoms with E-state index in [1.54, 1.807) is 7.11 Å². The Morgan fingerprint density at radius 1 is 1.17 bits per heavy atom. The van der Waals surface area contributed by atoms with Crippen LogP contribution in [0.5, 0.6) is 5.75 Å². The van der Waals surface area contributed by atoms with Crippen LogP contribution in [0.4, 0.5) is 11.8 Å². The quantitative estimate of drug-likeness (QED) is 0.415. The van der Waals surface area contributed by atoms with E-state index in [2.05, 4.69) is 42.6 Å². The largest absolute Gasteiger partial charge is 0.497 e. The smallest absolute Gasteiger partial charge is 0.226 e. The monoisotopic (exact) mass is 412 g/mol. The Morgan fingerprint density at radius 2 is 2.00 bits per heavy atom. The van der Waals surface area contributed by atoms with E-state index in [-0.39, 0.29) is 6.04 Å². The van der Waals surface area contributed by atoms with Gasteiger partial charge in [0, 0.05) is 24.7 Å². The van der Waals surface area contributed by atoms with Crippen LogP contribution < -0.4 is 21.1 Å². The molecule has 0 unspecified atom stereocenters. The molecule has 8 heteroatoms. The first-order valence-electron chi connectivity index (χ1n) is 10.3. The summed E-state index contributed by atoms with van der Waals surface area (Å²) < 4.78 is 12.7. The number of anilines is 2. The lowest BCUT2D eigenvalue weighted by Crippen LogP contribution is -2.17. The number of rotatable bonds is 11. The summed E-state index contributed by atoms with van der Waals surface area (Å²) >= 11 is 0. The fraction of sp³-hybridized carbons (Fsp3) is 0.455. The fourth-order valence-electron chi connectivity index (χ4n) is 3.26. The zero-order valence-corrected chi connectivity index (χ0v) is 18.2. The number of fused-ring (bicyclic) bond motifs is 1. The maximum absolute atomic E-state index is 5.47. The molecule has 0 fully saturated rings. The normalized spacial score (nSPS) is 12.3. The van der Waals surface area contributed by atoms with E-state index >= 15 is 0 Å². The number of nitrogens with zero attached hydrogens (tertiary/aromatic N) is 3. The minimum Gasteiger partial charge on any atom is -0.497 e. The highest BCUT2D eigenvalue weighted by Crippen LogP contribution is 2.27. The third kappa shape index (κ3) is 5.20. The highest BCUT2D eigenvalue weighted by Gasteiger charge is 2.16. The van der Waals surface area contributed by atoms with Crippen molar-refractivity contribution in [3.63, 3.8) is 0 Å². The van der Waals surface area contributed by atoms with Gasteiger partial charge in [0.05, 0.1) is 38.1 Å². The standard InChI is InChI=1S/C22H32N6O2/c1-15(2)19-14-25-28-20(19)13-21(24-9-11-30-10-8-23)27-22(28)26-16(3)17-6-5-7-18(12-17)29-4/h5-7,12-16,24H,8-11,23H2,1-4H3,(H,26,27)/t16-/m0/s1. The lowest BCUT2D eigenvalue weighted by atomic mass is 10.1. The van der Waals surface area contributed by atoms with Gasteiger partial charge in [0.2, 0.25) is 5.95 Å². The lowest BCUT2D eigenvalue weighted by molar-refractivity contribution is 0.151. The summed E-state index contributed by atoms with van der Waals surface area (Å²) in [6, 6.07) is 10.1. The van der Waals surface area contributed by atoms with Gasteiger partial charge in [-0.15, -0.1) is 0 Å². The maximum atomic E-state index is 5.47. The van der Waals surface area contributed by atoms with Gasteiger partial charge in [0.15, 0.2) is 0 Å². The van der Waals surface area contributed by atoms with Crippen molar-refractivity contribution in [3.8, 4) is 5.75 Å². The van der Waals surface area contributed by atoms with Crippen LogP contribution in [-0.2, 0) is 4.74 Å². The first-order valence-corrected chi connectivity index (χ1v) is 10.3. The lowest BCUT2D eigenvalue weighted by Gasteiger charge is -2.18. The molecule has 2 heterocycles. The van der Waals surface area contributed by atoms with E-state index in [0.717, 1.165) is 22.6 Å². The van der Waals surface area contributed by atoms with Crippen LogP contribution in [0.25, 0.3) is 5.52 Å². The second kappa shape index (κ2) is 10.3. The van der Waals surface area contributed by atoms with E-state index in [1.165, 1.54) is 5.56 Å². The number of hydrogen-bond acceptors (Lipinski definition) is 7. The number of nitrogens with one attached hydrogen (secondary N) is 2. The summed E-state index contributed by atoms with van der Waals surface area (Å²) in [5.74, 6) is 2.64. The molecule has 2 aromatic heterocycles. The van der Waals surface area contributed by atoms with Crippen LogP contribution in [0.2, 0.25) is 0 Å². The third-order valence-corrected chi connectivity index (χ3v) is 4.91. The molecular formula is C22H32N6O2. The van der Waals surface area contributed by atoms with E-state index in [0.29, 0.717) is 38.2 Å². The minimum atomic E-state index is 0.0191. The summed E-state index contributed by atoms with van der Waals surface area (Å²) in [7, 11) is 1.67. The van der Waals surface area contributed by atoms with Gasteiger partial charge in [-0.3, -0.25) is 0 Å². The number of aromatic nitrogens is 3. The summed E-state index contributed by atoms with van der Waals surface area (Å²) in [6.45, 7) is 8.72. The van der Waals surface area contributed by atoms with Crippen LogP contribution in [-0.4, -0.2) is 48.0 Å². The first kappa shape index (κ1) is 21.9. The molecule has 0 aliphatic carbocycles. The van der Waals surface area contributed by atoms with Crippen molar-refractivity contribution < 1.29 is 9.47 Å². The molecule has 3 rings (SSSR count). The Labute approximate surface area is 177 Å². The van der Waals surface area contributed by atoms with Gasteiger partial charge in [-0.05, 0) is 30.5 Å². The van der Waals surface area contributed by atoms with Crippen LogP contribution in [0.15, 0.2) is 36.5 Å². The molecule has 3 aromatic rings. The van der Waals surface area contributed by atoms with Crippen molar-refractivity contribution in [3.05, 3.63) is 47.7 Å². The molecular weight excluding hydrogens is 380 g/mol. The zero-order valence-electron chi connectivity index (χ0n) is 18.2. The highest BCUT2D eigenvalue weighted by atomic mass is 16.5. The first-order chi connectivity index (χ1) is 14.5. The van der Waals surface area contributed by atoms with Gasteiger partial charge in [-0.25, -0.2) is 4.52 Å². The average molecular weight is 413 g/mol. The second-order valence-corrected chi connectivity index (χ2v) is 7.49. The van der Waals surface area contributed by atoms with Crippen LogP contribution in [0, 0.1) is 0 Å². The molecule has 1 aromatic carbocycles. The zero-order chi connectivity index (χ0) is 21.5. The van der Waals surface area contributed by atoms with Gasteiger partial charge < -0.3 is 25.8 Å². The molecule has 0 amide bonds. The number of benzene rings is 1. The minimum absolute atomic E-state index is 0.0191. The molecule has 0 radical (unpaired) electrons. The molecule has 0 aliphatic heterocycles. The molecule has 4 N–H and O–H groups in total. The van der Waals surface area contributed by atoms with Crippen LogP contribution in [0.1, 0.15) is 43.9 Å². The van der Waals surface area contributed by atoms with Crippen molar-refractivity contribution in [1.82, 2.24) is 14.6 Å². The van der Waals surface area contributed by atoms with Crippen molar-refractivity contribution in [2.24, 2.45) is 5.73 Å². The van der Waals surface area contributed by atoms with Crippen molar-refractivity contribution >= 4 is 17.3 Å². The Kier molecular flexibility index (Phi) is 7.48.